The lowest BCUT2D eigenvalue weighted by molar-refractivity contribution is -0.118. The summed E-state index contributed by atoms with van der Waals surface area (Å²) < 4.78 is 32.5. The highest BCUT2D eigenvalue weighted by atomic mass is 32.2. The summed E-state index contributed by atoms with van der Waals surface area (Å²) in [5.74, 6) is -1.60. The number of fused-ring (bicyclic) bond motifs is 1. The van der Waals surface area contributed by atoms with Gasteiger partial charge in [0.2, 0.25) is 15.8 Å². The Labute approximate surface area is 180 Å². The molecule has 0 radical (unpaired) electrons. The molecular weight excluding hydrogens is 418 g/mol. The van der Waals surface area contributed by atoms with Crippen LogP contribution in [-0.2, 0) is 32.5 Å². The normalized spacial score (nSPS) is 14.7. The molecule has 2 aromatic carbocycles. The molecule has 1 aliphatic rings. The van der Waals surface area contributed by atoms with Crippen LogP contribution in [0.1, 0.15) is 28.4 Å². The summed E-state index contributed by atoms with van der Waals surface area (Å²) in [6, 6.07) is 14.8. The Morgan fingerprint density at radius 3 is 2.55 bits per heavy atom. The molecule has 0 fully saturated rings. The van der Waals surface area contributed by atoms with Crippen LogP contribution >= 0.6 is 0 Å². The van der Waals surface area contributed by atoms with Gasteiger partial charge in [0.1, 0.15) is 11.6 Å². The van der Waals surface area contributed by atoms with Crippen LogP contribution < -0.4 is 5.73 Å². The van der Waals surface area contributed by atoms with Crippen molar-refractivity contribution in [2.24, 2.45) is 5.73 Å². The van der Waals surface area contributed by atoms with Gasteiger partial charge in [-0.3, -0.25) is 4.79 Å². The zero-order valence-electron chi connectivity index (χ0n) is 16.9. The molecule has 9 heteroatoms. The zero-order valence-corrected chi connectivity index (χ0v) is 17.7. The molecule has 0 spiro atoms. The standard InChI is InChI=1S/C22H21N3O5S/c1-15(24)20(12-23)21(26)14-30-22(27)17-7-4-8-19(11-17)31(28,29)25-10-9-16-5-2-3-6-18(16)13-25/h2-8,11H,9-10,13-14,24H2,1H3. The number of nitrogens with zero attached hydrogens (tertiary/aromatic N) is 2. The van der Waals surface area contributed by atoms with Gasteiger partial charge in [0, 0.05) is 18.8 Å². The molecule has 1 heterocycles. The molecule has 3 rings (SSSR count). The fourth-order valence-corrected chi connectivity index (χ4v) is 4.73. The number of hydrogen-bond acceptors (Lipinski definition) is 7. The van der Waals surface area contributed by atoms with Gasteiger partial charge in [-0.1, -0.05) is 30.3 Å². The number of ether oxygens (including phenoxy) is 1. The maximum absolute atomic E-state index is 13.1. The van der Waals surface area contributed by atoms with Crippen LogP contribution in [0.3, 0.4) is 0 Å². The van der Waals surface area contributed by atoms with Crippen molar-refractivity contribution in [2.75, 3.05) is 13.2 Å². The zero-order chi connectivity index (χ0) is 22.6. The second kappa shape index (κ2) is 9.12. The van der Waals surface area contributed by atoms with Crippen LogP contribution in [0.15, 0.2) is 64.7 Å². The molecule has 1 aliphatic heterocycles. The number of carbonyl (C=O) groups is 2. The molecule has 0 saturated heterocycles. The molecule has 0 aliphatic carbocycles. The molecule has 160 valence electrons. The van der Waals surface area contributed by atoms with Gasteiger partial charge in [-0.05, 0) is 42.7 Å². The predicted octanol–water partition coefficient (Wildman–Crippen LogP) is 1.92. The van der Waals surface area contributed by atoms with Gasteiger partial charge in [0.25, 0.3) is 0 Å². The van der Waals surface area contributed by atoms with Gasteiger partial charge < -0.3 is 10.5 Å². The second-order valence-corrected chi connectivity index (χ2v) is 8.99. The first kappa shape index (κ1) is 22.2. The van der Waals surface area contributed by atoms with Gasteiger partial charge in [0.05, 0.1) is 10.5 Å². The van der Waals surface area contributed by atoms with Crippen molar-refractivity contribution in [3.8, 4) is 6.07 Å². The van der Waals surface area contributed by atoms with E-state index in [1.165, 1.54) is 35.5 Å². The van der Waals surface area contributed by atoms with Crippen molar-refractivity contribution in [2.45, 2.75) is 24.8 Å². The summed E-state index contributed by atoms with van der Waals surface area (Å²) in [6.07, 6.45) is 0.606. The minimum atomic E-state index is -3.83. The van der Waals surface area contributed by atoms with Crippen LogP contribution in [0.5, 0.6) is 0 Å². The van der Waals surface area contributed by atoms with E-state index in [-0.39, 0.29) is 28.3 Å². The summed E-state index contributed by atoms with van der Waals surface area (Å²) in [5, 5.41) is 8.94. The first-order valence-electron chi connectivity index (χ1n) is 9.48. The van der Waals surface area contributed by atoms with E-state index in [9.17, 15) is 18.0 Å². The van der Waals surface area contributed by atoms with Gasteiger partial charge in [-0.25, -0.2) is 13.2 Å². The Morgan fingerprint density at radius 2 is 1.87 bits per heavy atom. The summed E-state index contributed by atoms with van der Waals surface area (Å²) in [7, 11) is -3.83. The third-order valence-corrected chi connectivity index (χ3v) is 6.76. The molecule has 0 bridgehead atoms. The lowest BCUT2D eigenvalue weighted by Gasteiger charge is -2.28. The Hall–Kier alpha value is -3.48. The smallest absolute Gasteiger partial charge is 0.338 e. The maximum Gasteiger partial charge on any atom is 0.338 e. The van der Waals surface area contributed by atoms with Crippen molar-refractivity contribution < 1.29 is 22.7 Å². The second-order valence-electron chi connectivity index (χ2n) is 7.05. The number of rotatable bonds is 6. The summed E-state index contributed by atoms with van der Waals surface area (Å²) >= 11 is 0. The van der Waals surface area contributed by atoms with Gasteiger partial charge in [-0.2, -0.15) is 9.57 Å². The molecule has 0 saturated carbocycles. The highest BCUT2D eigenvalue weighted by Gasteiger charge is 2.29. The SMILES string of the molecule is CC(N)=C(C#N)C(=O)COC(=O)c1cccc(S(=O)(=O)N2CCc3ccccc3C2)c1. The van der Waals surface area contributed by atoms with Gasteiger partial charge >= 0.3 is 5.97 Å². The Balaban J connectivity index is 1.75. The van der Waals surface area contributed by atoms with Gasteiger partial charge in [-0.15, -0.1) is 0 Å². The number of sulfonamides is 1. The minimum Gasteiger partial charge on any atom is -0.454 e. The number of benzene rings is 2. The molecule has 0 atom stereocenters. The molecular formula is C22H21N3O5S. The molecule has 0 unspecified atom stereocenters. The molecule has 8 nitrogen and oxygen atoms in total. The quantitative estimate of drug-likeness (QED) is 0.413. The first-order chi connectivity index (χ1) is 14.7. The van der Waals surface area contributed by atoms with Crippen LogP contribution in [0.4, 0.5) is 0 Å². The summed E-state index contributed by atoms with van der Waals surface area (Å²) in [5.41, 5.74) is 7.25. The van der Waals surface area contributed by atoms with Gasteiger partial charge in [0.15, 0.2) is 6.61 Å². The number of allylic oxidation sites excluding steroid dienone is 1. The van der Waals surface area contributed by atoms with E-state index in [4.69, 9.17) is 15.7 Å². The molecule has 2 N–H and O–H groups in total. The fraction of sp³-hybridized carbons (Fsp3) is 0.227. The number of ketones is 1. The number of carbonyl (C=O) groups excluding carboxylic acids is 2. The van der Waals surface area contributed by atoms with E-state index >= 15 is 0 Å². The van der Waals surface area contributed by atoms with Crippen LogP contribution in [-0.4, -0.2) is 37.6 Å². The van der Waals surface area contributed by atoms with Crippen LogP contribution in [0.2, 0.25) is 0 Å². The average molecular weight is 439 g/mol. The topological polar surface area (TPSA) is 131 Å². The number of nitriles is 1. The van der Waals surface area contributed by atoms with Crippen LogP contribution in [0, 0.1) is 11.3 Å². The van der Waals surface area contributed by atoms with Crippen molar-refractivity contribution in [3.63, 3.8) is 0 Å². The summed E-state index contributed by atoms with van der Waals surface area (Å²) in [4.78, 5) is 24.2. The number of esters is 1. The molecule has 0 aromatic heterocycles. The number of nitrogens with two attached hydrogens (primary N) is 1. The minimum absolute atomic E-state index is 0.0155. The average Bonchev–Trinajstić information content (AvgIpc) is 2.77. The van der Waals surface area contributed by atoms with Crippen molar-refractivity contribution in [1.29, 1.82) is 5.26 Å². The Bertz CT molecular complexity index is 1210. The number of Topliss-reactive ketones (excluding diaryl/α,β-unsaturated/α-hetero) is 1. The van der Waals surface area contributed by atoms with Crippen LogP contribution in [0.25, 0.3) is 0 Å². The van der Waals surface area contributed by atoms with E-state index in [1.54, 1.807) is 6.07 Å². The third-order valence-electron chi connectivity index (χ3n) is 4.92. The molecule has 2 aromatic rings. The van der Waals surface area contributed by atoms with E-state index < -0.39 is 28.4 Å². The van der Waals surface area contributed by atoms with E-state index in [0.717, 1.165) is 11.1 Å². The third kappa shape index (κ3) is 4.82. The first-order valence-corrected chi connectivity index (χ1v) is 10.9. The molecule has 0 amide bonds. The highest BCUT2D eigenvalue weighted by Crippen LogP contribution is 2.25. The van der Waals surface area contributed by atoms with E-state index in [1.807, 2.05) is 24.3 Å². The predicted molar refractivity (Wildman–Crippen MR) is 112 cm³/mol. The maximum atomic E-state index is 13.1. The Morgan fingerprint density at radius 1 is 1.16 bits per heavy atom. The monoisotopic (exact) mass is 439 g/mol. The summed E-state index contributed by atoms with van der Waals surface area (Å²) in [6.45, 7) is 1.31. The van der Waals surface area contributed by atoms with Crippen molar-refractivity contribution in [3.05, 3.63) is 76.5 Å². The van der Waals surface area contributed by atoms with E-state index in [2.05, 4.69) is 0 Å². The van der Waals surface area contributed by atoms with Crippen molar-refractivity contribution in [1.82, 2.24) is 4.31 Å². The Kier molecular flexibility index (Phi) is 6.53. The highest BCUT2D eigenvalue weighted by molar-refractivity contribution is 7.89. The number of hydrogen-bond donors (Lipinski definition) is 1. The lowest BCUT2D eigenvalue weighted by atomic mass is 10.0. The van der Waals surface area contributed by atoms with Crippen molar-refractivity contribution >= 4 is 21.8 Å². The van der Waals surface area contributed by atoms with E-state index in [0.29, 0.717) is 13.0 Å². The fourth-order valence-electron chi connectivity index (χ4n) is 3.26. The largest absolute Gasteiger partial charge is 0.454 e. The molecule has 31 heavy (non-hydrogen) atoms. The lowest BCUT2D eigenvalue weighted by Crippen LogP contribution is -2.36.